The third kappa shape index (κ3) is 4.14. The minimum absolute atomic E-state index is 0.00435. The SMILES string of the molecule is CC(=O)[C@@](C#N)(CC(=O)N[C@H]1CCS(=O)(=O)C1)c1c(Cl)cccc1Cl. The Hall–Kier alpha value is -1.62. The molecule has 2 rings (SSSR count). The number of benzene rings is 1. The molecular weight excluding hydrogens is 387 g/mol. The number of nitrogens with zero attached hydrogens (tertiary/aromatic N) is 1. The summed E-state index contributed by atoms with van der Waals surface area (Å²) >= 11 is 12.3. The van der Waals surface area contributed by atoms with Crippen LogP contribution in [0, 0.1) is 11.3 Å². The first-order chi connectivity index (χ1) is 11.6. The van der Waals surface area contributed by atoms with Crippen LogP contribution < -0.4 is 5.32 Å². The van der Waals surface area contributed by atoms with E-state index < -0.39 is 39.4 Å². The molecule has 1 aromatic carbocycles. The molecule has 1 saturated heterocycles. The van der Waals surface area contributed by atoms with Crippen molar-refractivity contribution in [2.45, 2.75) is 31.2 Å². The highest BCUT2D eigenvalue weighted by atomic mass is 35.5. The average molecular weight is 403 g/mol. The minimum atomic E-state index is -3.16. The fourth-order valence-electron chi connectivity index (χ4n) is 2.90. The number of sulfone groups is 1. The van der Waals surface area contributed by atoms with E-state index in [9.17, 15) is 23.3 Å². The number of nitriles is 1. The van der Waals surface area contributed by atoms with E-state index in [1.54, 1.807) is 6.07 Å². The Morgan fingerprint density at radius 3 is 2.40 bits per heavy atom. The highest BCUT2D eigenvalue weighted by Gasteiger charge is 2.43. The molecule has 1 amide bonds. The van der Waals surface area contributed by atoms with Crippen LogP contribution in [0.25, 0.3) is 0 Å². The summed E-state index contributed by atoms with van der Waals surface area (Å²) in [4.78, 5) is 24.7. The van der Waals surface area contributed by atoms with Gasteiger partial charge in [-0.2, -0.15) is 5.26 Å². The van der Waals surface area contributed by atoms with Gasteiger partial charge in [0.25, 0.3) is 0 Å². The number of hydrogen-bond acceptors (Lipinski definition) is 5. The van der Waals surface area contributed by atoms with Crippen molar-refractivity contribution in [1.29, 1.82) is 5.26 Å². The van der Waals surface area contributed by atoms with E-state index in [1.165, 1.54) is 19.1 Å². The van der Waals surface area contributed by atoms with Gasteiger partial charge in [0.1, 0.15) is 0 Å². The molecule has 0 saturated carbocycles. The minimum Gasteiger partial charge on any atom is -0.352 e. The maximum atomic E-state index is 12.4. The molecule has 1 aliphatic heterocycles. The van der Waals surface area contributed by atoms with Gasteiger partial charge in [-0.1, -0.05) is 29.3 Å². The highest BCUT2D eigenvalue weighted by molar-refractivity contribution is 7.91. The molecule has 25 heavy (non-hydrogen) atoms. The summed E-state index contributed by atoms with van der Waals surface area (Å²) in [6.45, 7) is 1.19. The van der Waals surface area contributed by atoms with Crippen molar-refractivity contribution in [3.05, 3.63) is 33.8 Å². The standard InChI is InChI=1S/C16H16Cl2N2O4S/c1-10(21)16(9-19,15-12(17)3-2-4-13(15)18)7-14(22)20-11-5-6-25(23,24)8-11/h2-4,11H,5-8H2,1H3,(H,20,22)/t11-,16-/m0/s1. The molecule has 0 spiro atoms. The number of carbonyl (C=O) groups excluding carboxylic acids is 2. The number of halogens is 2. The monoisotopic (exact) mass is 402 g/mol. The van der Waals surface area contributed by atoms with Crippen molar-refractivity contribution >= 4 is 44.7 Å². The van der Waals surface area contributed by atoms with E-state index in [0.29, 0.717) is 6.42 Å². The van der Waals surface area contributed by atoms with Crippen LogP contribution in [0.5, 0.6) is 0 Å². The third-order valence-corrected chi connectivity index (χ3v) is 6.60. The number of carbonyl (C=O) groups is 2. The molecule has 0 bridgehead atoms. The fourth-order valence-corrected chi connectivity index (χ4v) is 5.29. The van der Waals surface area contributed by atoms with Gasteiger partial charge in [-0.25, -0.2) is 8.42 Å². The molecule has 1 fully saturated rings. The van der Waals surface area contributed by atoms with E-state index in [4.69, 9.17) is 23.2 Å². The smallest absolute Gasteiger partial charge is 0.222 e. The topological polar surface area (TPSA) is 104 Å². The number of nitrogens with one attached hydrogen (secondary N) is 1. The lowest BCUT2D eigenvalue weighted by Gasteiger charge is -2.26. The maximum Gasteiger partial charge on any atom is 0.222 e. The zero-order valence-electron chi connectivity index (χ0n) is 13.4. The van der Waals surface area contributed by atoms with E-state index in [1.807, 2.05) is 6.07 Å². The van der Waals surface area contributed by atoms with Crippen LogP contribution in [0.1, 0.15) is 25.3 Å². The van der Waals surface area contributed by atoms with Crippen molar-refractivity contribution in [2.24, 2.45) is 0 Å². The van der Waals surface area contributed by atoms with Crippen molar-refractivity contribution in [3.8, 4) is 6.07 Å². The van der Waals surface area contributed by atoms with Gasteiger partial charge < -0.3 is 5.32 Å². The predicted molar refractivity (Wildman–Crippen MR) is 94.3 cm³/mol. The maximum absolute atomic E-state index is 12.4. The van der Waals surface area contributed by atoms with Crippen molar-refractivity contribution in [1.82, 2.24) is 5.32 Å². The predicted octanol–water partition coefficient (Wildman–Crippen LogP) is 2.04. The first-order valence-corrected chi connectivity index (χ1v) is 10.1. The molecule has 1 heterocycles. The third-order valence-electron chi connectivity index (χ3n) is 4.20. The van der Waals surface area contributed by atoms with Gasteiger partial charge in [0.15, 0.2) is 21.0 Å². The summed E-state index contributed by atoms with van der Waals surface area (Å²) in [6.07, 6.45) is -0.181. The van der Waals surface area contributed by atoms with E-state index in [0.717, 1.165) is 0 Å². The van der Waals surface area contributed by atoms with Gasteiger partial charge in [-0.3, -0.25) is 9.59 Å². The summed E-state index contributed by atoms with van der Waals surface area (Å²) in [5, 5.41) is 12.5. The van der Waals surface area contributed by atoms with Crippen molar-refractivity contribution < 1.29 is 18.0 Å². The second kappa shape index (κ2) is 7.32. The van der Waals surface area contributed by atoms with Gasteiger partial charge in [0.05, 0.1) is 24.0 Å². The Morgan fingerprint density at radius 2 is 1.96 bits per heavy atom. The lowest BCUT2D eigenvalue weighted by molar-refractivity contribution is -0.128. The molecule has 1 aliphatic rings. The van der Waals surface area contributed by atoms with Crippen LogP contribution in [-0.4, -0.2) is 37.7 Å². The van der Waals surface area contributed by atoms with Gasteiger partial charge in [0, 0.05) is 21.7 Å². The van der Waals surface area contributed by atoms with Gasteiger partial charge in [-0.05, 0) is 25.5 Å². The van der Waals surface area contributed by atoms with Crippen LogP contribution in [0.4, 0.5) is 0 Å². The first kappa shape index (κ1) is 19.7. The molecule has 2 atom stereocenters. The normalized spacial score (nSPS) is 21.1. The molecule has 134 valence electrons. The molecule has 0 unspecified atom stereocenters. The molecule has 6 nitrogen and oxygen atoms in total. The van der Waals surface area contributed by atoms with Crippen LogP contribution in [0.15, 0.2) is 18.2 Å². The lowest BCUT2D eigenvalue weighted by Crippen LogP contribution is -2.43. The molecular formula is C16H16Cl2N2O4S. The quantitative estimate of drug-likeness (QED) is 0.810. The first-order valence-electron chi connectivity index (χ1n) is 7.48. The van der Waals surface area contributed by atoms with E-state index >= 15 is 0 Å². The number of hydrogen-bond donors (Lipinski definition) is 1. The Balaban J connectivity index is 2.32. The van der Waals surface area contributed by atoms with Gasteiger partial charge in [-0.15, -0.1) is 0 Å². The number of rotatable bonds is 5. The van der Waals surface area contributed by atoms with Crippen LogP contribution >= 0.6 is 23.2 Å². The second-order valence-electron chi connectivity index (χ2n) is 6.01. The van der Waals surface area contributed by atoms with Crippen LogP contribution in [-0.2, 0) is 24.8 Å². The fraction of sp³-hybridized carbons (Fsp3) is 0.438. The molecule has 1 N–H and O–H groups in total. The summed E-state index contributed by atoms with van der Waals surface area (Å²) in [5.74, 6) is -1.32. The molecule has 0 radical (unpaired) electrons. The summed E-state index contributed by atoms with van der Waals surface area (Å²) < 4.78 is 23.0. The number of Topliss-reactive ketones (excluding diaryl/α,β-unsaturated/α-hetero) is 1. The number of amides is 1. The molecule has 0 aliphatic carbocycles. The highest BCUT2D eigenvalue weighted by Crippen LogP contribution is 2.39. The number of ketones is 1. The molecule has 9 heteroatoms. The van der Waals surface area contributed by atoms with Crippen LogP contribution in [0.2, 0.25) is 10.0 Å². The Kier molecular flexibility index (Phi) is 5.77. The van der Waals surface area contributed by atoms with Gasteiger partial charge >= 0.3 is 0 Å². The summed E-state index contributed by atoms with van der Waals surface area (Å²) in [6, 6.07) is 5.90. The van der Waals surface area contributed by atoms with Crippen molar-refractivity contribution in [3.63, 3.8) is 0 Å². The largest absolute Gasteiger partial charge is 0.352 e. The summed E-state index contributed by atoms with van der Waals surface area (Å²) in [5.41, 5.74) is -1.75. The van der Waals surface area contributed by atoms with E-state index in [-0.39, 0.29) is 27.1 Å². The van der Waals surface area contributed by atoms with Crippen molar-refractivity contribution in [2.75, 3.05) is 11.5 Å². The average Bonchev–Trinajstić information content (AvgIpc) is 2.84. The zero-order chi connectivity index (χ0) is 18.8. The lowest BCUT2D eigenvalue weighted by atomic mass is 9.75. The van der Waals surface area contributed by atoms with Crippen LogP contribution in [0.3, 0.4) is 0 Å². The Labute approximate surface area is 156 Å². The molecule has 1 aromatic rings. The Morgan fingerprint density at radius 1 is 1.36 bits per heavy atom. The second-order valence-corrected chi connectivity index (χ2v) is 9.06. The van der Waals surface area contributed by atoms with E-state index in [2.05, 4.69) is 5.32 Å². The molecule has 0 aromatic heterocycles. The summed E-state index contributed by atoms with van der Waals surface area (Å²) in [7, 11) is -3.16. The van der Waals surface area contributed by atoms with Gasteiger partial charge in [0.2, 0.25) is 5.91 Å². The zero-order valence-corrected chi connectivity index (χ0v) is 15.7. The Bertz CT molecular complexity index is 843.